The molecule has 0 fully saturated rings. The molecule has 2 N–H and O–H groups in total. The van der Waals surface area contributed by atoms with Crippen molar-refractivity contribution in [2.75, 3.05) is 23.8 Å². The van der Waals surface area contributed by atoms with Crippen LogP contribution in [0.25, 0.3) is 0 Å². The standard InChI is InChI=1S/C11H16N2O/c1-8(2)13-9-3-4-11-10(7-9)12-5-6-14-11/h3-4,7-8,12-13H,5-6H2,1-2H3. The second-order valence-corrected chi connectivity index (χ2v) is 3.79. The summed E-state index contributed by atoms with van der Waals surface area (Å²) in [5.74, 6) is 0.950. The maximum atomic E-state index is 5.49. The van der Waals surface area contributed by atoms with Crippen LogP contribution in [-0.2, 0) is 0 Å². The maximum Gasteiger partial charge on any atom is 0.142 e. The molecule has 0 aliphatic carbocycles. The Bertz CT molecular complexity index is 323. The van der Waals surface area contributed by atoms with Crippen molar-refractivity contribution in [3.63, 3.8) is 0 Å². The third-order valence-corrected chi connectivity index (χ3v) is 2.11. The third-order valence-electron chi connectivity index (χ3n) is 2.11. The van der Waals surface area contributed by atoms with Crippen molar-refractivity contribution in [3.05, 3.63) is 18.2 Å². The highest BCUT2D eigenvalue weighted by Gasteiger charge is 2.09. The molecule has 14 heavy (non-hydrogen) atoms. The molecule has 0 amide bonds. The Balaban J connectivity index is 2.20. The highest BCUT2D eigenvalue weighted by Crippen LogP contribution is 2.30. The molecule has 1 heterocycles. The summed E-state index contributed by atoms with van der Waals surface area (Å²) in [6, 6.07) is 6.60. The van der Waals surface area contributed by atoms with Crippen LogP contribution in [0.15, 0.2) is 18.2 Å². The Morgan fingerprint density at radius 3 is 3.07 bits per heavy atom. The molecule has 1 aliphatic rings. The van der Waals surface area contributed by atoms with Gasteiger partial charge in [0.05, 0.1) is 5.69 Å². The zero-order valence-electron chi connectivity index (χ0n) is 8.63. The van der Waals surface area contributed by atoms with Gasteiger partial charge in [0.2, 0.25) is 0 Å². The molecular formula is C11H16N2O. The first kappa shape index (κ1) is 9.19. The van der Waals surface area contributed by atoms with Crippen LogP contribution < -0.4 is 15.4 Å². The summed E-state index contributed by atoms with van der Waals surface area (Å²) in [5, 5.41) is 6.67. The fraction of sp³-hybridized carbons (Fsp3) is 0.455. The third kappa shape index (κ3) is 1.92. The lowest BCUT2D eigenvalue weighted by molar-refractivity contribution is 0.323. The lowest BCUT2D eigenvalue weighted by atomic mass is 10.2. The Kier molecular flexibility index (Phi) is 2.48. The minimum atomic E-state index is 0.456. The predicted octanol–water partition coefficient (Wildman–Crippen LogP) is 2.31. The van der Waals surface area contributed by atoms with E-state index in [0.717, 1.165) is 30.3 Å². The minimum Gasteiger partial charge on any atom is -0.490 e. The first-order chi connectivity index (χ1) is 6.75. The molecule has 0 saturated carbocycles. The minimum absolute atomic E-state index is 0.456. The number of hydrogen-bond acceptors (Lipinski definition) is 3. The number of ether oxygens (including phenoxy) is 1. The van der Waals surface area contributed by atoms with Gasteiger partial charge in [-0.05, 0) is 32.0 Å². The molecule has 3 heteroatoms. The first-order valence-corrected chi connectivity index (χ1v) is 5.03. The van der Waals surface area contributed by atoms with Crippen LogP contribution in [0.3, 0.4) is 0 Å². The Labute approximate surface area is 84.5 Å². The van der Waals surface area contributed by atoms with Crippen molar-refractivity contribution in [1.29, 1.82) is 0 Å². The number of rotatable bonds is 2. The largest absolute Gasteiger partial charge is 0.490 e. The molecule has 0 spiro atoms. The monoisotopic (exact) mass is 192 g/mol. The number of benzene rings is 1. The van der Waals surface area contributed by atoms with Gasteiger partial charge in [-0.3, -0.25) is 0 Å². The van der Waals surface area contributed by atoms with E-state index in [9.17, 15) is 0 Å². The number of anilines is 2. The molecule has 1 aliphatic heterocycles. The van der Waals surface area contributed by atoms with Crippen LogP contribution in [0.1, 0.15) is 13.8 Å². The van der Waals surface area contributed by atoms with Crippen LogP contribution in [0, 0.1) is 0 Å². The topological polar surface area (TPSA) is 33.3 Å². The number of fused-ring (bicyclic) bond motifs is 1. The molecule has 76 valence electrons. The summed E-state index contributed by atoms with van der Waals surface area (Å²) in [4.78, 5) is 0. The Morgan fingerprint density at radius 2 is 2.29 bits per heavy atom. The molecule has 0 aromatic heterocycles. The second-order valence-electron chi connectivity index (χ2n) is 3.79. The van der Waals surface area contributed by atoms with E-state index in [0.29, 0.717) is 6.04 Å². The molecule has 2 rings (SSSR count). The Morgan fingerprint density at radius 1 is 1.43 bits per heavy atom. The van der Waals surface area contributed by atoms with E-state index in [-0.39, 0.29) is 0 Å². The van der Waals surface area contributed by atoms with Crippen molar-refractivity contribution in [2.45, 2.75) is 19.9 Å². The maximum absolute atomic E-state index is 5.49. The van der Waals surface area contributed by atoms with Gasteiger partial charge in [0, 0.05) is 18.3 Å². The Hall–Kier alpha value is -1.38. The fourth-order valence-corrected chi connectivity index (χ4v) is 1.56. The highest BCUT2D eigenvalue weighted by atomic mass is 16.5. The normalized spacial score (nSPS) is 14.2. The summed E-state index contributed by atoms with van der Waals surface area (Å²) in [6.07, 6.45) is 0. The van der Waals surface area contributed by atoms with Gasteiger partial charge in [0.25, 0.3) is 0 Å². The van der Waals surface area contributed by atoms with Crippen LogP contribution in [-0.4, -0.2) is 19.2 Å². The summed E-state index contributed by atoms with van der Waals surface area (Å²) >= 11 is 0. The average Bonchev–Trinajstić information content (AvgIpc) is 2.17. The van der Waals surface area contributed by atoms with Crippen molar-refractivity contribution in [3.8, 4) is 5.75 Å². The van der Waals surface area contributed by atoms with Gasteiger partial charge in [-0.2, -0.15) is 0 Å². The van der Waals surface area contributed by atoms with Gasteiger partial charge in [0.15, 0.2) is 0 Å². The quantitative estimate of drug-likeness (QED) is 0.754. The summed E-state index contributed by atoms with van der Waals surface area (Å²) in [6.45, 7) is 5.90. The average molecular weight is 192 g/mol. The molecular weight excluding hydrogens is 176 g/mol. The van der Waals surface area contributed by atoms with Crippen LogP contribution in [0.4, 0.5) is 11.4 Å². The predicted molar refractivity (Wildman–Crippen MR) is 59.2 cm³/mol. The van der Waals surface area contributed by atoms with Gasteiger partial charge in [-0.15, -0.1) is 0 Å². The summed E-state index contributed by atoms with van der Waals surface area (Å²) in [7, 11) is 0. The van der Waals surface area contributed by atoms with Crippen molar-refractivity contribution >= 4 is 11.4 Å². The van der Waals surface area contributed by atoms with Crippen molar-refractivity contribution in [2.24, 2.45) is 0 Å². The van der Waals surface area contributed by atoms with E-state index >= 15 is 0 Å². The summed E-state index contributed by atoms with van der Waals surface area (Å²) < 4.78 is 5.49. The van der Waals surface area contributed by atoms with Gasteiger partial charge in [-0.1, -0.05) is 0 Å². The van der Waals surface area contributed by atoms with Crippen molar-refractivity contribution < 1.29 is 4.74 Å². The molecule has 3 nitrogen and oxygen atoms in total. The zero-order chi connectivity index (χ0) is 9.97. The lowest BCUT2D eigenvalue weighted by Crippen LogP contribution is -2.18. The van der Waals surface area contributed by atoms with E-state index in [1.165, 1.54) is 0 Å². The van der Waals surface area contributed by atoms with Crippen LogP contribution >= 0.6 is 0 Å². The molecule has 0 bridgehead atoms. The molecule has 0 atom stereocenters. The smallest absolute Gasteiger partial charge is 0.142 e. The van der Waals surface area contributed by atoms with Gasteiger partial charge in [-0.25, -0.2) is 0 Å². The second kappa shape index (κ2) is 3.78. The van der Waals surface area contributed by atoms with Crippen LogP contribution in [0.2, 0.25) is 0 Å². The molecule has 0 saturated heterocycles. The SMILES string of the molecule is CC(C)Nc1ccc2c(c1)NCCO2. The summed E-state index contributed by atoms with van der Waals surface area (Å²) in [5.41, 5.74) is 2.22. The first-order valence-electron chi connectivity index (χ1n) is 5.03. The van der Waals surface area contributed by atoms with Gasteiger partial charge in [0.1, 0.15) is 12.4 Å². The zero-order valence-corrected chi connectivity index (χ0v) is 8.63. The van der Waals surface area contributed by atoms with E-state index in [4.69, 9.17) is 4.74 Å². The lowest BCUT2D eigenvalue weighted by Gasteiger charge is -2.20. The van der Waals surface area contributed by atoms with E-state index < -0.39 is 0 Å². The van der Waals surface area contributed by atoms with E-state index in [2.05, 4.69) is 30.5 Å². The number of hydrogen-bond donors (Lipinski definition) is 2. The molecule has 0 radical (unpaired) electrons. The number of nitrogens with one attached hydrogen (secondary N) is 2. The fourth-order valence-electron chi connectivity index (χ4n) is 1.56. The highest BCUT2D eigenvalue weighted by molar-refractivity contribution is 5.65. The molecule has 1 aromatic carbocycles. The molecule has 1 aromatic rings. The van der Waals surface area contributed by atoms with E-state index in [1.54, 1.807) is 0 Å². The van der Waals surface area contributed by atoms with Crippen molar-refractivity contribution in [1.82, 2.24) is 0 Å². The molecule has 0 unspecified atom stereocenters. The van der Waals surface area contributed by atoms with Crippen LogP contribution in [0.5, 0.6) is 5.75 Å². The van der Waals surface area contributed by atoms with Gasteiger partial charge >= 0.3 is 0 Å². The van der Waals surface area contributed by atoms with E-state index in [1.807, 2.05) is 12.1 Å². The van der Waals surface area contributed by atoms with Gasteiger partial charge < -0.3 is 15.4 Å².